The summed E-state index contributed by atoms with van der Waals surface area (Å²) in [6.45, 7) is 4.54. The van der Waals surface area contributed by atoms with Crippen LogP contribution in [0.3, 0.4) is 0 Å². The fraction of sp³-hybridized carbons (Fsp3) is 0.562. The van der Waals surface area contributed by atoms with Crippen molar-refractivity contribution in [1.82, 2.24) is 9.55 Å². The first-order valence-electron chi connectivity index (χ1n) is 7.52. The van der Waals surface area contributed by atoms with E-state index in [2.05, 4.69) is 24.5 Å². The molecule has 1 fully saturated rings. The molecule has 1 aliphatic carbocycles. The summed E-state index contributed by atoms with van der Waals surface area (Å²) in [6, 6.07) is 6.72. The molecule has 3 heteroatoms. The van der Waals surface area contributed by atoms with Crippen LogP contribution >= 0.6 is 0 Å². The van der Waals surface area contributed by atoms with E-state index in [1.165, 1.54) is 43.4 Å². The van der Waals surface area contributed by atoms with E-state index < -0.39 is 0 Å². The van der Waals surface area contributed by atoms with Gasteiger partial charge in [-0.05, 0) is 43.9 Å². The number of fused-ring (bicyclic) bond motifs is 1. The van der Waals surface area contributed by atoms with Crippen LogP contribution in [0.1, 0.15) is 63.7 Å². The van der Waals surface area contributed by atoms with Gasteiger partial charge in [-0.2, -0.15) is 0 Å². The van der Waals surface area contributed by atoms with Crippen LogP contribution in [0.4, 0.5) is 5.69 Å². The molecule has 2 N–H and O–H groups in total. The lowest BCUT2D eigenvalue weighted by atomic mass is 10.1. The Hall–Kier alpha value is -1.51. The second-order valence-electron chi connectivity index (χ2n) is 5.71. The van der Waals surface area contributed by atoms with Crippen molar-refractivity contribution in [3.63, 3.8) is 0 Å². The molecular weight excluding hydrogens is 234 g/mol. The molecule has 1 atom stereocenters. The van der Waals surface area contributed by atoms with Crippen molar-refractivity contribution in [3.05, 3.63) is 24.0 Å². The molecule has 0 saturated heterocycles. The van der Waals surface area contributed by atoms with Gasteiger partial charge in [0.25, 0.3) is 0 Å². The minimum absolute atomic E-state index is 0.578. The van der Waals surface area contributed by atoms with E-state index in [4.69, 9.17) is 10.7 Å². The van der Waals surface area contributed by atoms with Gasteiger partial charge in [0.2, 0.25) is 0 Å². The number of rotatable bonds is 5. The highest BCUT2D eigenvalue weighted by Gasteiger charge is 2.31. The molecule has 0 bridgehead atoms. The maximum Gasteiger partial charge on any atom is 0.113 e. The van der Waals surface area contributed by atoms with Crippen LogP contribution in [-0.2, 0) is 0 Å². The largest absolute Gasteiger partial charge is 0.399 e. The molecule has 1 aliphatic rings. The van der Waals surface area contributed by atoms with Crippen molar-refractivity contribution in [2.45, 2.75) is 57.9 Å². The zero-order valence-corrected chi connectivity index (χ0v) is 11.9. The molecule has 19 heavy (non-hydrogen) atoms. The van der Waals surface area contributed by atoms with Crippen molar-refractivity contribution in [2.24, 2.45) is 0 Å². The molecular formula is C16H23N3. The van der Waals surface area contributed by atoms with Crippen molar-refractivity contribution in [3.8, 4) is 0 Å². The number of nitrogens with zero attached hydrogens (tertiary/aromatic N) is 2. The van der Waals surface area contributed by atoms with Gasteiger partial charge in [0.1, 0.15) is 5.82 Å². The van der Waals surface area contributed by atoms with Crippen molar-refractivity contribution in [1.29, 1.82) is 0 Å². The number of anilines is 1. The summed E-state index contributed by atoms with van der Waals surface area (Å²) in [7, 11) is 0. The summed E-state index contributed by atoms with van der Waals surface area (Å²) < 4.78 is 2.50. The highest BCUT2D eigenvalue weighted by Crippen LogP contribution is 2.42. The zero-order chi connectivity index (χ0) is 13.4. The number of aromatic nitrogens is 2. The van der Waals surface area contributed by atoms with E-state index >= 15 is 0 Å². The summed E-state index contributed by atoms with van der Waals surface area (Å²) in [5.74, 6) is 1.97. The number of hydrogen-bond donors (Lipinski definition) is 1. The highest BCUT2D eigenvalue weighted by molar-refractivity contribution is 5.80. The third-order valence-electron chi connectivity index (χ3n) is 4.14. The summed E-state index contributed by atoms with van der Waals surface area (Å²) in [4.78, 5) is 4.87. The topological polar surface area (TPSA) is 43.8 Å². The second kappa shape index (κ2) is 4.87. The van der Waals surface area contributed by atoms with Gasteiger partial charge >= 0.3 is 0 Å². The van der Waals surface area contributed by atoms with Gasteiger partial charge < -0.3 is 10.3 Å². The van der Waals surface area contributed by atoms with E-state index in [9.17, 15) is 0 Å². The average molecular weight is 257 g/mol. The highest BCUT2D eigenvalue weighted by atomic mass is 15.1. The third-order valence-corrected chi connectivity index (χ3v) is 4.14. The number of benzene rings is 1. The summed E-state index contributed by atoms with van der Waals surface area (Å²) in [6.07, 6.45) is 6.20. The third kappa shape index (κ3) is 2.22. The molecule has 1 unspecified atom stereocenters. The van der Waals surface area contributed by atoms with Crippen LogP contribution in [0, 0.1) is 0 Å². The molecule has 1 saturated carbocycles. The van der Waals surface area contributed by atoms with Crippen LogP contribution in [0.25, 0.3) is 11.0 Å². The van der Waals surface area contributed by atoms with Crippen molar-refractivity contribution < 1.29 is 0 Å². The lowest BCUT2D eigenvalue weighted by Crippen LogP contribution is -2.11. The standard InChI is InChI=1S/C16H23N3/c1-3-5-13(4-2)19-15-9-8-12(17)10-14(15)18-16(19)11-6-7-11/h8-11,13H,3-7,17H2,1-2H3. The van der Waals surface area contributed by atoms with Gasteiger partial charge in [-0.1, -0.05) is 20.3 Å². The van der Waals surface area contributed by atoms with Crippen LogP contribution < -0.4 is 5.73 Å². The minimum Gasteiger partial charge on any atom is -0.399 e. The van der Waals surface area contributed by atoms with Crippen molar-refractivity contribution in [2.75, 3.05) is 5.73 Å². The van der Waals surface area contributed by atoms with Gasteiger partial charge in [0.05, 0.1) is 11.0 Å². The van der Waals surface area contributed by atoms with Crippen LogP contribution in [0.2, 0.25) is 0 Å². The first kappa shape index (κ1) is 12.5. The monoisotopic (exact) mass is 257 g/mol. The first-order chi connectivity index (χ1) is 9.24. The fourth-order valence-electron chi connectivity index (χ4n) is 3.00. The zero-order valence-electron chi connectivity index (χ0n) is 11.9. The Balaban J connectivity index is 2.15. The van der Waals surface area contributed by atoms with E-state index in [1.807, 2.05) is 12.1 Å². The Labute approximate surface area is 114 Å². The summed E-state index contributed by atoms with van der Waals surface area (Å²) in [5.41, 5.74) is 9.03. The molecule has 1 aromatic carbocycles. The second-order valence-corrected chi connectivity index (χ2v) is 5.71. The molecule has 3 rings (SSSR count). The summed E-state index contributed by atoms with van der Waals surface area (Å²) in [5, 5.41) is 0. The smallest absolute Gasteiger partial charge is 0.113 e. The predicted molar refractivity (Wildman–Crippen MR) is 80.4 cm³/mol. The van der Waals surface area contributed by atoms with Crippen LogP contribution in [0.5, 0.6) is 0 Å². The minimum atomic E-state index is 0.578. The van der Waals surface area contributed by atoms with E-state index in [0.717, 1.165) is 11.2 Å². The molecule has 3 nitrogen and oxygen atoms in total. The van der Waals surface area contributed by atoms with E-state index in [1.54, 1.807) is 0 Å². The molecule has 0 aliphatic heterocycles. The number of hydrogen-bond acceptors (Lipinski definition) is 2. The van der Waals surface area contributed by atoms with Gasteiger partial charge in [-0.25, -0.2) is 4.98 Å². The fourth-order valence-corrected chi connectivity index (χ4v) is 3.00. The number of nitrogen functional groups attached to an aromatic ring is 1. The molecule has 0 radical (unpaired) electrons. The van der Waals surface area contributed by atoms with Gasteiger partial charge in [0.15, 0.2) is 0 Å². The molecule has 1 aromatic heterocycles. The Morgan fingerprint density at radius 3 is 2.79 bits per heavy atom. The lowest BCUT2D eigenvalue weighted by Gasteiger charge is -2.20. The Bertz CT molecular complexity index is 581. The maximum atomic E-state index is 5.89. The van der Waals surface area contributed by atoms with E-state index in [-0.39, 0.29) is 0 Å². The SMILES string of the molecule is CCCC(CC)n1c(C2CC2)nc2cc(N)ccc21. The maximum absolute atomic E-state index is 5.89. The summed E-state index contributed by atoms with van der Waals surface area (Å²) >= 11 is 0. The Morgan fingerprint density at radius 2 is 2.16 bits per heavy atom. The predicted octanol–water partition coefficient (Wildman–Crippen LogP) is 4.25. The van der Waals surface area contributed by atoms with Gasteiger partial charge in [-0.3, -0.25) is 0 Å². The quantitative estimate of drug-likeness (QED) is 0.814. The molecule has 1 heterocycles. The molecule has 102 valence electrons. The Morgan fingerprint density at radius 1 is 1.37 bits per heavy atom. The lowest BCUT2D eigenvalue weighted by molar-refractivity contribution is 0.444. The average Bonchev–Trinajstić information content (AvgIpc) is 3.18. The van der Waals surface area contributed by atoms with Gasteiger partial charge in [0, 0.05) is 17.6 Å². The van der Waals surface area contributed by atoms with E-state index in [0.29, 0.717) is 12.0 Å². The normalized spacial score (nSPS) is 16.9. The Kier molecular flexibility index (Phi) is 3.21. The number of imidazole rings is 1. The van der Waals surface area contributed by atoms with Gasteiger partial charge in [-0.15, -0.1) is 0 Å². The van der Waals surface area contributed by atoms with Crippen LogP contribution in [-0.4, -0.2) is 9.55 Å². The molecule has 2 aromatic rings. The first-order valence-corrected chi connectivity index (χ1v) is 7.52. The molecule has 0 amide bonds. The van der Waals surface area contributed by atoms with Crippen molar-refractivity contribution >= 4 is 16.7 Å². The molecule has 0 spiro atoms. The van der Waals surface area contributed by atoms with Crippen LogP contribution in [0.15, 0.2) is 18.2 Å². The number of nitrogens with two attached hydrogens (primary N) is 1.